The number of nitrogens with zero attached hydrogens (tertiary/aromatic N) is 1. The van der Waals surface area contributed by atoms with Crippen LogP contribution in [0.1, 0.15) is 0 Å². The zero-order valence-electron chi connectivity index (χ0n) is 7.44. The van der Waals surface area contributed by atoms with Crippen LogP contribution in [0, 0.1) is 3.57 Å². The van der Waals surface area contributed by atoms with Gasteiger partial charge in [0, 0.05) is 3.57 Å². The molecule has 0 aliphatic rings. The molecule has 0 radical (unpaired) electrons. The number of halogens is 1. The van der Waals surface area contributed by atoms with Gasteiger partial charge in [-0.05, 0) is 40.8 Å². The van der Waals surface area contributed by atoms with Gasteiger partial charge in [-0.15, -0.1) is 11.3 Å². The van der Waals surface area contributed by atoms with Crippen molar-refractivity contribution in [3.05, 3.63) is 21.8 Å². The SMILES string of the molecule is O=C(O)CSc1nc2cc(I)ccc2s1. The third-order valence-corrected chi connectivity index (χ3v) is 4.48. The van der Waals surface area contributed by atoms with Crippen molar-refractivity contribution < 1.29 is 9.90 Å². The normalized spacial score (nSPS) is 10.7. The Balaban J connectivity index is 2.27. The minimum atomic E-state index is -0.811. The summed E-state index contributed by atoms with van der Waals surface area (Å²) >= 11 is 5.03. The zero-order chi connectivity index (χ0) is 10.8. The average molecular weight is 351 g/mol. The molecule has 1 N–H and O–H groups in total. The van der Waals surface area contributed by atoms with Crippen LogP contribution in [0.3, 0.4) is 0 Å². The van der Waals surface area contributed by atoms with Gasteiger partial charge in [0.05, 0.1) is 16.0 Å². The van der Waals surface area contributed by atoms with Crippen molar-refractivity contribution in [3.8, 4) is 0 Å². The fourth-order valence-electron chi connectivity index (χ4n) is 1.06. The van der Waals surface area contributed by atoms with Gasteiger partial charge < -0.3 is 5.11 Å². The van der Waals surface area contributed by atoms with Gasteiger partial charge in [0.1, 0.15) is 0 Å². The van der Waals surface area contributed by atoms with E-state index in [0.29, 0.717) is 0 Å². The molecular formula is C9H6INO2S2. The Bertz CT molecular complexity index is 512. The van der Waals surface area contributed by atoms with Crippen LogP contribution >= 0.6 is 45.7 Å². The molecule has 78 valence electrons. The molecule has 1 aromatic carbocycles. The molecule has 6 heteroatoms. The summed E-state index contributed by atoms with van der Waals surface area (Å²) in [5, 5.41) is 8.55. The van der Waals surface area contributed by atoms with E-state index in [1.807, 2.05) is 18.2 Å². The minimum absolute atomic E-state index is 0.0664. The topological polar surface area (TPSA) is 50.2 Å². The maximum Gasteiger partial charge on any atom is 0.313 e. The number of thioether (sulfide) groups is 1. The Kier molecular flexibility index (Phi) is 3.47. The lowest BCUT2D eigenvalue weighted by Gasteiger charge is -1.88. The first-order valence-electron chi connectivity index (χ1n) is 4.06. The molecule has 3 nitrogen and oxygen atoms in total. The lowest BCUT2D eigenvalue weighted by atomic mass is 10.3. The smallest absolute Gasteiger partial charge is 0.313 e. The van der Waals surface area contributed by atoms with E-state index < -0.39 is 5.97 Å². The highest BCUT2D eigenvalue weighted by Crippen LogP contribution is 2.30. The number of hydrogen-bond acceptors (Lipinski definition) is 4. The Labute approximate surface area is 108 Å². The second kappa shape index (κ2) is 4.67. The first-order chi connectivity index (χ1) is 7.15. The quantitative estimate of drug-likeness (QED) is 0.682. The van der Waals surface area contributed by atoms with Crippen molar-refractivity contribution in [2.75, 3.05) is 5.75 Å². The monoisotopic (exact) mass is 351 g/mol. The van der Waals surface area contributed by atoms with Gasteiger partial charge in [0.25, 0.3) is 0 Å². The van der Waals surface area contributed by atoms with E-state index in [9.17, 15) is 4.79 Å². The number of carboxylic acid groups (broad SMARTS) is 1. The molecule has 2 aromatic rings. The van der Waals surface area contributed by atoms with Crippen LogP contribution in [-0.4, -0.2) is 21.8 Å². The molecule has 15 heavy (non-hydrogen) atoms. The highest BCUT2D eigenvalue weighted by atomic mass is 127. The zero-order valence-corrected chi connectivity index (χ0v) is 11.2. The van der Waals surface area contributed by atoms with Crippen LogP contribution in [0.2, 0.25) is 0 Å². The number of aromatic nitrogens is 1. The van der Waals surface area contributed by atoms with Gasteiger partial charge in [0.2, 0.25) is 0 Å². The maximum atomic E-state index is 10.4. The second-order valence-electron chi connectivity index (χ2n) is 2.77. The number of aliphatic carboxylic acids is 1. The summed E-state index contributed by atoms with van der Waals surface area (Å²) < 4.78 is 3.05. The molecule has 0 aliphatic carbocycles. The standard InChI is InChI=1S/C9H6INO2S2/c10-5-1-2-7-6(3-5)11-9(15-7)14-4-8(12)13/h1-3H,4H2,(H,12,13). The van der Waals surface area contributed by atoms with E-state index in [2.05, 4.69) is 27.6 Å². The van der Waals surface area contributed by atoms with Crippen molar-refractivity contribution in [1.82, 2.24) is 4.98 Å². The Hall–Kier alpha value is -0.340. The molecule has 0 fully saturated rings. The molecule has 0 unspecified atom stereocenters. The van der Waals surface area contributed by atoms with E-state index in [1.54, 1.807) is 0 Å². The molecule has 0 amide bonds. The van der Waals surface area contributed by atoms with Crippen molar-refractivity contribution in [2.24, 2.45) is 0 Å². The van der Waals surface area contributed by atoms with Crippen LogP contribution < -0.4 is 0 Å². The van der Waals surface area contributed by atoms with Crippen LogP contribution in [-0.2, 0) is 4.79 Å². The lowest BCUT2D eigenvalue weighted by molar-refractivity contribution is -0.133. The molecule has 0 spiro atoms. The molecular weight excluding hydrogens is 345 g/mol. The number of carbonyl (C=O) groups is 1. The molecule has 0 bridgehead atoms. The number of rotatable bonds is 3. The summed E-state index contributed by atoms with van der Waals surface area (Å²) in [4.78, 5) is 14.8. The maximum absolute atomic E-state index is 10.4. The molecule has 1 heterocycles. The summed E-state index contributed by atoms with van der Waals surface area (Å²) in [6, 6.07) is 6.03. The highest BCUT2D eigenvalue weighted by Gasteiger charge is 2.06. The average Bonchev–Trinajstić information content (AvgIpc) is 2.56. The van der Waals surface area contributed by atoms with E-state index in [1.165, 1.54) is 23.1 Å². The van der Waals surface area contributed by atoms with Gasteiger partial charge in [0.15, 0.2) is 4.34 Å². The van der Waals surface area contributed by atoms with Gasteiger partial charge in [-0.2, -0.15) is 0 Å². The number of fused-ring (bicyclic) bond motifs is 1. The minimum Gasteiger partial charge on any atom is -0.481 e. The third kappa shape index (κ3) is 2.82. The number of thiazole rings is 1. The predicted octanol–water partition coefficient (Wildman–Crippen LogP) is 3.08. The molecule has 0 aliphatic heterocycles. The summed E-state index contributed by atoms with van der Waals surface area (Å²) in [5.41, 5.74) is 0.944. The van der Waals surface area contributed by atoms with Crippen molar-refractivity contribution >= 4 is 61.9 Å². The van der Waals surface area contributed by atoms with Gasteiger partial charge in [-0.25, -0.2) is 4.98 Å². The van der Waals surface area contributed by atoms with E-state index in [-0.39, 0.29) is 5.75 Å². The summed E-state index contributed by atoms with van der Waals surface area (Å²) in [6.07, 6.45) is 0. The summed E-state index contributed by atoms with van der Waals surface area (Å²) in [5.74, 6) is -0.745. The number of benzene rings is 1. The largest absolute Gasteiger partial charge is 0.481 e. The summed E-state index contributed by atoms with van der Waals surface area (Å²) in [7, 11) is 0. The molecule has 0 saturated carbocycles. The van der Waals surface area contributed by atoms with Crippen LogP contribution in [0.4, 0.5) is 0 Å². The predicted molar refractivity (Wildman–Crippen MR) is 70.7 cm³/mol. The lowest BCUT2D eigenvalue weighted by Crippen LogP contribution is -1.96. The number of carboxylic acids is 1. The first-order valence-corrected chi connectivity index (χ1v) is 6.94. The van der Waals surface area contributed by atoms with Gasteiger partial charge in [-0.1, -0.05) is 11.8 Å². The fraction of sp³-hybridized carbons (Fsp3) is 0.111. The van der Waals surface area contributed by atoms with Crippen LogP contribution in [0.25, 0.3) is 10.2 Å². The Morgan fingerprint density at radius 1 is 1.60 bits per heavy atom. The Morgan fingerprint density at radius 2 is 2.40 bits per heavy atom. The Morgan fingerprint density at radius 3 is 3.13 bits per heavy atom. The number of hydrogen-bond donors (Lipinski definition) is 1. The van der Waals surface area contributed by atoms with E-state index in [0.717, 1.165) is 18.1 Å². The molecule has 0 saturated heterocycles. The van der Waals surface area contributed by atoms with E-state index >= 15 is 0 Å². The van der Waals surface area contributed by atoms with Crippen LogP contribution in [0.15, 0.2) is 22.5 Å². The van der Waals surface area contributed by atoms with Crippen molar-refractivity contribution in [3.63, 3.8) is 0 Å². The van der Waals surface area contributed by atoms with Gasteiger partial charge in [-0.3, -0.25) is 4.79 Å². The molecule has 1 aromatic heterocycles. The molecule has 0 atom stereocenters. The highest BCUT2D eigenvalue weighted by molar-refractivity contribution is 14.1. The first kappa shape index (κ1) is 11.2. The summed E-state index contributed by atoms with van der Waals surface area (Å²) in [6.45, 7) is 0. The van der Waals surface area contributed by atoms with Crippen molar-refractivity contribution in [1.29, 1.82) is 0 Å². The third-order valence-electron chi connectivity index (χ3n) is 1.65. The second-order valence-corrected chi connectivity index (χ2v) is 6.27. The fourth-order valence-corrected chi connectivity index (χ4v) is 3.31. The van der Waals surface area contributed by atoms with E-state index in [4.69, 9.17) is 5.11 Å². The van der Waals surface area contributed by atoms with Crippen LogP contribution in [0.5, 0.6) is 0 Å². The van der Waals surface area contributed by atoms with Gasteiger partial charge >= 0.3 is 5.97 Å². The molecule has 2 rings (SSSR count). The van der Waals surface area contributed by atoms with Crippen molar-refractivity contribution in [2.45, 2.75) is 4.34 Å².